The average molecular weight is 444 g/mol. The number of carbonyl (C=O) groups excluding carboxylic acids is 2. The van der Waals surface area contributed by atoms with E-state index in [0.717, 1.165) is 5.69 Å². The van der Waals surface area contributed by atoms with E-state index in [0.29, 0.717) is 22.8 Å². The van der Waals surface area contributed by atoms with Crippen molar-refractivity contribution in [2.75, 3.05) is 18.9 Å². The van der Waals surface area contributed by atoms with Crippen LogP contribution in [0.3, 0.4) is 0 Å². The van der Waals surface area contributed by atoms with Crippen molar-refractivity contribution in [3.8, 4) is 5.82 Å². The summed E-state index contributed by atoms with van der Waals surface area (Å²) in [5.74, 6) is 0.300. The lowest BCUT2D eigenvalue weighted by Crippen LogP contribution is -2.37. The number of aryl methyl sites for hydroxylation is 2. The molecule has 162 valence electrons. The summed E-state index contributed by atoms with van der Waals surface area (Å²) in [6.45, 7) is 5.16. The Morgan fingerprint density at radius 3 is 2.68 bits per heavy atom. The highest BCUT2D eigenvalue weighted by Crippen LogP contribution is 2.22. The first-order valence-corrected chi connectivity index (χ1v) is 11.1. The summed E-state index contributed by atoms with van der Waals surface area (Å²) in [5, 5.41) is 3.98. The third-order valence-corrected chi connectivity index (χ3v) is 6.13. The molecular formula is C20H20N4O6S. The summed E-state index contributed by atoms with van der Waals surface area (Å²) in [4.78, 5) is 26.7. The zero-order chi connectivity index (χ0) is 22.3. The number of hydrogen-bond donors (Lipinski definition) is 0. The van der Waals surface area contributed by atoms with Crippen molar-refractivity contribution >= 4 is 27.6 Å². The van der Waals surface area contributed by atoms with Crippen molar-refractivity contribution in [1.29, 1.82) is 0 Å². The Labute approximate surface area is 178 Å². The van der Waals surface area contributed by atoms with Crippen molar-refractivity contribution in [3.63, 3.8) is 0 Å². The van der Waals surface area contributed by atoms with Crippen LogP contribution in [0.15, 0.2) is 45.0 Å². The minimum absolute atomic E-state index is 0.137. The summed E-state index contributed by atoms with van der Waals surface area (Å²) in [6, 6.07) is 3.48. The summed E-state index contributed by atoms with van der Waals surface area (Å²) >= 11 is 0. The van der Waals surface area contributed by atoms with Crippen LogP contribution in [0, 0.1) is 20.8 Å². The summed E-state index contributed by atoms with van der Waals surface area (Å²) in [6.07, 6.45) is 4.32. The third kappa shape index (κ3) is 4.08. The lowest BCUT2D eigenvalue weighted by Gasteiger charge is -2.26. The minimum atomic E-state index is -3.47. The first-order chi connectivity index (χ1) is 14.6. The number of esters is 1. The van der Waals surface area contributed by atoms with Crippen LogP contribution in [0.25, 0.3) is 5.82 Å². The van der Waals surface area contributed by atoms with Gasteiger partial charge in [-0.25, -0.2) is 13.2 Å². The topological polar surface area (TPSA) is 124 Å². The molecule has 0 amide bonds. The van der Waals surface area contributed by atoms with Gasteiger partial charge in [-0.2, -0.15) is 0 Å². The van der Waals surface area contributed by atoms with E-state index in [1.165, 1.54) is 18.4 Å². The Hall–Kier alpha value is -3.47. The van der Waals surface area contributed by atoms with E-state index in [4.69, 9.17) is 9.26 Å². The maximum Gasteiger partial charge on any atom is 0.340 e. The van der Waals surface area contributed by atoms with Gasteiger partial charge in [0.1, 0.15) is 11.6 Å². The van der Waals surface area contributed by atoms with Crippen LogP contribution < -0.4 is 0 Å². The standard InChI is InChI=1S/C20H20N4O6S/c1-12-8-16(14(3)24(12)19-9-13(2)30-21-19)17(25)11-29-20(26)15-4-5-18-22-31(27,28)7-6-23(18)10-15/h4-5,8-10H,6-7,11H2,1-3H3. The van der Waals surface area contributed by atoms with Crippen molar-refractivity contribution < 1.29 is 27.3 Å². The molecule has 10 nitrogen and oxygen atoms in total. The molecule has 0 N–H and O–H groups in total. The van der Waals surface area contributed by atoms with E-state index < -0.39 is 22.6 Å². The molecule has 0 saturated carbocycles. The van der Waals surface area contributed by atoms with E-state index in [1.54, 1.807) is 35.4 Å². The Morgan fingerprint density at radius 2 is 1.97 bits per heavy atom. The number of ketones is 1. The molecule has 2 aliphatic heterocycles. The fraction of sp³-hybridized carbons (Fsp3) is 0.300. The predicted molar refractivity (Wildman–Crippen MR) is 110 cm³/mol. The van der Waals surface area contributed by atoms with Gasteiger partial charge in [0.2, 0.25) is 5.78 Å². The van der Waals surface area contributed by atoms with Crippen LogP contribution in [0.5, 0.6) is 0 Å². The second-order valence-corrected chi connectivity index (χ2v) is 9.02. The number of Topliss-reactive ketones (excluding diaryl/α,β-unsaturated/α-hetero) is 1. The third-order valence-electron chi connectivity index (χ3n) is 4.97. The fourth-order valence-electron chi connectivity index (χ4n) is 3.47. The summed E-state index contributed by atoms with van der Waals surface area (Å²) in [7, 11) is -3.47. The smallest absolute Gasteiger partial charge is 0.340 e. The molecule has 2 aliphatic rings. The number of fused-ring (bicyclic) bond motifs is 1. The van der Waals surface area contributed by atoms with Gasteiger partial charge in [0.05, 0.1) is 11.3 Å². The Balaban J connectivity index is 1.45. The van der Waals surface area contributed by atoms with Crippen LogP contribution in [0.1, 0.15) is 27.5 Å². The fourth-order valence-corrected chi connectivity index (χ4v) is 4.44. The van der Waals surface area contributed by atoms with Gasteiger partial charge < -0.3 is 14.2 Å². The maximum atomic E-state index is 12.7. The van der Waals surface area contributed by atoms with Crippen molar-refractivity contribution in [2.24, 2.45) is 4.40 Å². The number of aromatic nitrogens is 2. The van der Waals surface area contributed by atoms with Gasteiger partial charge in [-0.1, -0.05) is 5.16 Å². The lowest BCUT2D eigenvalue weighted by atomic mass is 10.1. The normalized spacial score (nSPS) is 17.1. The summed E-state index contributed by atoms with van der Waals surface area (Å²) < 4.78 is 38.9. The molecule has 0 radical (unpaired) electrons. The van der Waals surface area contributed by atoms with Crippen LogP contribution in [-0.4, -0.2) is 59.5 Å². The van der Waals surface area contributed by atoms with Crippen LogP contribution >= 0.6 is 0 Å². The molecule has 0 bridgehead atoms. The molecule has 31 heavy (non-hydrogen) atoms. The highest BCUT2D eigenvalue weighted by Gasteiger charge is 2.26. The number of rotatable bonds is 5. The largest absolute Gasteiger partial charge is 0.454 e. The molecule has 2 aromatic heterocycles. The molecule has 0 fully saturated rings. The van der Waals surface area contributed by atoms with Crippen LogP contribution in [0.2, 0.25) is 0 Å². The molecule has 0 aromatic carbocycles. The van der Waals surface area contributed by atoms with E-state index >= 15 is 0 Å². The molecule has 0 unspecified atom stereocenters. The van der Waals surface area contributed by atoms with E-state index in [9.17, 15) is 18.0 Å². The van der Waals surface area contributed by atoms with E-state index in [1.807, 2.05) is 6.92 Å². The van der Waals surface area contributed by atoms with E-state index in [2.05, 4.69) is 9.55 Å². The first-order valence-electron chi connectivity index (χ1n) is 9.47. The monoisotopic (exact) mass is 444 g/mol. The molecule has 4 rings (SSSR count). The minimum Gasteiger partial charge on any atom is -0.454 e. The van der Waals surface area contributed by atoms with E-state index in [-0.39, 0.29) is 29.5 Å². The zero-order valence-corrected chi connectivity index (χ0v) is 18.0. The van der Waals surface area contributed by atoms with Crippen molar-refractivity contribution in [1.82, 2.24) is 14.6 Å². The number of amidine groups is 1. The van der Waals surface area contributed by atoms with Crippen LogP contribution in [-0.2, 0) is 19.6 Å². The molecule has 0 aliphatic carbocycles. The zero-order valence-electron chi connectivity index (χ0n) is 17.2. The molecule has 2 aromatic rings. The highest BCUT2D eigenvalue weighted by molar-refractivity contribution is 7.90. The molecule has 4 heterocycles. The lowest BCUT2D eigenvalue weighted by molar-refractivity contribution is -0.137. The second-order valence-electron chi connectivity index (χ2n) is 7.26. The van der Waals surface area contributed by atoms with Gasteiger partial charge in [-0.3, -0.25) is 9.36 Å². The van der Waals surface area contributed by atoms with Crippen molar-refractivity contribution in [2.45, 2.75) is 20.8 Å². The molecule has 0 saturated heterocycles. The number of hydrogen-bond acceptors (Lipinski definition) is 8. The predicted octanol–water partition coefficient (Wildman–Crippen LogP) is 1.61. The average Bonchev–Trinajstić information content (AvgIpc) is 3.26. The van der Waals surface area contributed by atoms with Gasteiger partial charge >= 0.3 is 5.97 Å². The highest BCUT2D eigenvalue weighted by atomic mass is 32.2. The van der Waals surface area contributed by atoms with Gasteiger partial charge in [-0.05, 0) is 39.0 Å². The molecular weight excluding hydrogens is 424 g/mol. The quantitative estimate of drug-likeness (QED) is 0.503. The Kier molecular flexibility index (Phi) is 5.13. The number of carbonyl (C=O) groups is 2. The number of sulfonamides is 1. The van der Waals surface area contributed by atoms with Crippen molar-refractivity contribution in [3.05, 3.63) is 58.8 Å². The SMILES string of the molecule is Cc1cc(-n2c(C)cc(C(=O)COC(=O)C3=CN4CCS(=O)(=O)N=C4C=C3)c2C)no1. The van der Waals surface area contributed by atoms with Gasteiger partial charge in [0.15, 0.2) is 12.4 Å². The number of nitrogens with zero attached hydrogens (tertiary/aromatic N) is 4. The van der Waals surface area contributed by atoms with Gasteiger partial charge in [0.25, 0.3) is 10.0 Å². The molecule has 0 spiro atoms. The molecule has 0 atom stereocenters. The first kappa shape index (κ1) is 20.8. The second kappa shape index (κ2) is 7.65. The van der Waals surface area contributed by atoms with Gasteiger partial charge in [0, 0.05) is 35.8 Å². The van der Waals surface area contributed by atoms with Gasteiger partial charge in [-0.15, -0.1) is 4.40 Å². The maximum absolute atomic E-state index is 12.7. The Morgan fingerprint density at radius 1 is 1.19 bits per heavy atom. The number of ether oxygens (including phenoxy) is 1. The summed E-state index contributed by atoms with van der Waals surface area (Å²) in [5.41, 5.74) is 2.09. The Bertz CT molecular complexity index is 1280. The molecule has 11 heteroatoms. The van der Waals surface area contributed by atoms with Crippen LogP contribution in [0.4, 0.5) is 0 Å².